The molecule has 1 heteroatoms. The van der Waals surface area contributed by atoms with Gasteiger partial charge < -0.3 is 5.73 Å². The highest BCUT2D eigenvalue weighted by Crippen LogP contribution is 2.32. The summed E-state index contributed by atoms with van der Waals surface area (Å²) in [6.07, 6.45) is 0.962. The lowest BCUT2D eigenvalue weighted by molar-refractivity contribution is 0.482. The average molecular weight is 123 g/mol. The van der Waals surface area contributed by atoms with E-state index in [9.17, 15) is 0 Å². The summed E-state index contributed by atoms with van der Waals surface area (Å²) in [5.74, 6) is 0. The van der Waals surface area contributed by atoms with Crippen molar-refractivity contribution >= 4 is 0 Å². The normalized spacial score (nSPS) is 18.1. The van der Waals surface area contributed by atoms with E-state index in [0.29, 0.717) is 0 Å². The molecule has 0 saturated heterocycles. The first kappa shape index (κ1) is 6.44. The van der Waals surface area contributed by atoms with E-state index in [0.717, 1.165) is 12.1 Å². The molecule has 2 N–H and O–H groups in total. The molecule has 1 aliphatic rings. The van der Waals surface area contributed by atoms with Crippen molar-refractivity contribution in [1.29, 1.82) is 0 Å². The molecule has 0 aromatic rings. The van der Waals surface area contributed by atoms with Gasteiger partial charge in [0.2, 0.25) is 0 Å². The molecule has 0 heterocycles. The van der Waals surface area contributed by atoms with Gasteiger partial charge in [0.25, 0.3) is 0 Å². The van der Waals surface area contributed by atoms with E-state index >= 15 is 0 Å². The molecule has 0 bridgehead atoms. The molecule has 0 aromatic heterocycles. The van der Waals surface area contributed by atoms with Crippen molar-refractivity contribution in [3.8, 4) is 0 Å². The second kappa shape index (κ2) is 1.65. The van der Waals surface area contributed by atoms with Crippen molar-refractivity contribution in [2.75, 3.05) is 0 Å². The Morgan fingerprint density at radius 1 is 1.44 bits per heavy atom. The summed E-state index contributed by atoms with van der Waals surface area (Å²) in [4.78, 5) is 0. The standard InChI is InChI=1S/C8H13N/c1-8(2,3)6-4-7(9)5-6/h4,9H2,1-3H3. The Hall–Kier alpha value is -0.680. The summed E-state index contributed by atoms with van der Waals surface area (Å²) < 4.78 is 0. The van der Waals surface area contributed by atoms with E-state index in [-0.39, 0.29) is 5.41 Å². The minimum Gasteiger partial charge on any atom is -0.395 e. The van der Waals surface area contributed by atoms with Crippen LogP contribution in [0.4, 0.5) is 0 Å². The molecule has 0 aliphatic heterocycles. The summed E-state index contributed by atoms with van der Waals surface area (Å²) in [5, 5.41) is 0. The third-order valence-electron chi connectivity index (χ3n) is 1.58. The molecule has 0 atom stereocenters. The third-order valence-corrected chi connectivity index (χ3v) is 1.58. The minimum absolute atomic E-state index is 0.281. The summed E-state index contributed by atoms with van der Waals surface area (Å²) in [6.45, 7) is 6.55. The molecule has 0 spiro atoms. The zero-order valence-electron chi connectivity index (χ0n) is 6.28. The van der Waals surface area contributed by atoms with Gasteiger partial charge in [0, 0.05) is 6.42 Å². The molecule has 0 amide bonds. The van der Waals surface area contributed by atoms with Crippen LogP contribution in [0.2, 0.25) is 0 Å². The van der Waals surface area contributed by atoms with E-state index in [1.54, 1.807) is 0 Å². The maximum Gasteiger partial charge on any atom is 0.0559 e. The Bertz CT molecular complexity index is 187. The number of rotatable bonds is 0. The summed E-state index contributed by atoms with van der Waals surface area (Å²) in [5.41, 5.74) is 11.1. The van der Waals surface area contributed by atoms with Gasteiger partial charge in [-0.05, 0) is 11.0 Å². The molecule has 1 nitrogen and oxygen atoms in total. The fourth-order valence-corrected chi connectivity index (χ4v) is 0.819. The van der Waals surface area contributed by atoms with Crippen LogP contribution in [-0.4, -0.2) is 0 Å². The first-order chi connectivity index (χ1) is 4.00. The van der Waals surface area contributed by atoms with Crippen LogP contribution < -0.4 is 5.73 Å². The summed E-state index contributed by atoms with van der Waals surface area (Å²) in [6, 6.07) is 0. The zero-order chi connectivity index (χ0) is 7.07. The molecule has 50 valence electrons. The first-order valence-corrected chi connectivity index (χ1v) is 3.25. The molecule has 9 heavy (non-hydrogen) atoms. The maximum atomic E-state index is 5.45. The van der Waals surface area contributed by atoms with Crippen molar-refractivity contribution in [2.24, 2.45) is 11.1 Å². The number of hydrogen-bond acceptors (Lipinski definition) is 1. The lowest BCUT2D eigenvalue weighted by atomic mass is 9.80. The Morgan fingerprint density at radius 3 is 2.00 bits per heavy atom. The lowest BCUT2D eigenvalue weighted by Gasteiger charge is -2.25. The fraction of sp³-hybridized carbons (Fsp3) is 0.625. The molecular formula is C8H13N. The monoisotopic (exact) mass is 123 g/mol. The Balaban J connectivity index is 2.81. The Kier molecular flexibility index (Phi) is 1.18. The van der Waals surface area contributed by atoms with E-state index in [1.165, 1.54) is 5.57 Å². The Morgan fingerprint density at radius 2 is 1.89 bits per heavy atom. The smallest absolute Gasteiger partial charge is 0.0559 e. The minimum atomic E-state index is 0.281. The lowest BCUT2D eigenvalue weighted by Crippen LogP contribution is -2.17. The highest BCUT2D eigenvalue weighted by molar-refractivity contribution is 5.27. The highest BCUT2D eigenvalue weighted by atomic mass is 14.6. The van der Waals surface area contributed by atoms with Crippen LogP contribution in [0, 0.1) is 5.41 Å². The van der Waals surface area contributed by atoms with E-state index in [4.69, 9.17) is 5.73 Å². The van der Waals surface area contributed by atoms with Crippen molar-refractivity contribution in [3.05, 3.63) is 17.0 Å². The van der Waals surface area contributed by atoms with Crippen LogP contribution in [0.25, 0.3) is 0 Å². The van der Waals surface area contributed by atoms with Gasteiger partial charge in [0.1, 0.15) is 0 Å². The average Bonchev–Trinajstić information content (AvgIpc) is 1.55. The molecule has 1 rings (SSSR count). The molecule has 1 aliphatic carbocycles. The van der Waals surface area contributed by atoms with E-state index in [2.05, 4.69) is 26.5 Å². The molecule has 0 aromatic carbocycles. The molecule has 0 unspecified atom stereocenters. The molecule has 0 fully saturated rings. The van der Waals surface area contributed by atoms with Crippen LogP contribution in [0.5, 0.6) is 0 Å². The van der Waals surface area contributed by atoms with Gasteiger partial charge in [-0.3, -0.25) is 0 Å². The second-order valence-corrected chi connectivity index (χ2v) is 3.56. The number of hydrogen-bond donors (Lipinski definition) is 1. The van der Waals surface area contributed by atoms with Crippen molar-refractivity contribution in [2.45, 2.75) is 27.2 Å². The highest BCUT2D eigenvalue weighted by Gasteiger charge is 2.21. The molecule has 0 saturated carbocycles. The van der Waals surface area contributed by atoms with Crippen LogP contribution in [0.1, 0.15) is 27.2 Å². The van der Waals surface area contributed by atoms with Gasteiger partial charge >= 0.3 is 0 Å². The molecular weight excluding hydrogens is 110 g/mol. The van der Waals surface area contributed by atoms with Crippen molar-refractivity contribution in [3.63, 3.8) is 0 Å². The van der Waals surface area contributed by atoms with Crippen molar-refractivity contribution < 1.29 is 0 Å². The SMILES string of the molecule is CC(C)(C)C1=C=C(N)C1. The zero-order valence-corrected chi connectivity index (χ0v) is 6.28. The third kappa shape index (κ3) is 1.17. The largest absolute Gasteiger partial charge is 0.395 e. The van der Waals surface area contributed by atoms with Gasteiger partial charge in [0.05, 0.1) is 5.70 Å². The fourth-order valence-electron chi connectivity index (χ4n) is 0.819. The predicted molar refractivity (Wildman–Crippen MR) is 38.8 cm³/mol. The van der Waals surface area contributed by atoms with Crippen LogP contribution in [0.3, 0.4) is 0 Å². The van der Waals surface area contributed by atoms with Gasteiger partial charge in [-0.1, -0.05) is 26.5 Å². The van der Waals surface area contributed by atoms with Gasteiger partial charge in [-0.2, -0.15) is 0 Å². The van der Waals surface area contributed by atoms with Crippen LogP contribution in [-0.2, 0) is 0 Å². The predicted octanol–water partition coefficient (Wildman–Crippen LogP) is 1.80. The summed E-state index contributed by atoms with van der Waals surface area (Å²) in [7, 11) is 0. The van der Waals surface area contributed by atoms with Crippen LogP contribution in [0.15, 0.2) is 17.0 Å². The van der Waals surface area contributed by atoms with Gasteiger partial charge in [-0.15, -0.1) is 0 Å². The van der Waals surface area contributed by atoms with E-state index < -0.39 is 0 Å². The van der Waals surface area contributed by atoms with Gasteiger partial charge in [-0.25, -0.2) is 0 Å². The maximum absolute atomic E-state index is 5.45. The summed E-state index contributed by atoms with van der Waals surface area (Å²) >= 11 is 0. The topological polar surface area (TPSA) is 26.0 Å². The van der Waals surface area contributed by atoms with Crippen LogP contribution >= 0.6 is 0 Å². The quantitative estimate of drug-likeness (QED) is 0.488. The van der Waals surface area contributed by atoms with E-state index in [1.807, 2.05) is 0 Å². The molecule has 0 radical (unpaired) electrons. The number of nitrogens with two attached hydrogens (primary N) is 1. The van der Waals surface area contributed by atoms with Gasteiger partial charge in [0.15, 0.2) is 0 Å². The van der Waals surface area contributed by atoms with Crippen molar-refractivity contribution in [1.82, 2.24) is 0 Å². The Labute approximate surface area is 56.2 Å². The first-order valence-electron chi connectivity index (χ1n) is 3.25. The second-order valence-electron chi connectivity index (χ2n) is 3.56.